The highest BCUT2D eigenvalue weighted by Crippen LogP contribution is 2.33. The third-order valence-electron chi connectivity index (χ3n) is 3.64. The monoisotopic (exact) mass is 326 g/mol. The summed E-state index contributed by atoms with van der Waals surface area (Å²) in [6.45, 7) is 4.11. The number of aryl methyl sites for hydroxylation is 1. The number of benzene rings is 1. The minimum absolute atomic E-state index is 0.140. The van der Waals surface area contributed by atoms with Crippen molar-refractivity contribution in [2.45, 2.75) is 45.6 Å². The van der Waals surface area contributed by atoms with Crippen LogP contribution in [0.4, 0.5) is 0 Å². The Morgan fingerprint density at radius 1 is 1.42 bits per heavy atom. The van der Waals surface area contributed by atoms with Crippen molar-refractivity contribution in [3.05, 3.63) is 27.7 Å². The van der Waals surface area contributed by atoms with Crippen LogP contribution in [-0.2, 0) is 0 Å². The van der Waals surface area contributed by atoms with Gasteiger partial charge in [-0.1, -0.05) is 29.3 Å². The topological polar surface area (TPSA) is 46.5 Å². The first-order chi connectivity index (χ1) is 8.97. The van der Waals surface area contributed by atoms with Gasteiger partial charge in [-0.05, 0) is 49.8 Å². The highest BCUT2D eigenvalue weighted by Gasteiger charge is 2.23. The van der Waals surface area contributed by atoms with Crippen LogP contribution in [0.25, 0.3) is 0 Å². The Labute approximate surface area is 122 Å². The van der Waals surface area contributed by atoms with Gasteiger partial charge in [0.05, 0.1) is 6.10 Å². The fourth-order valence-electron chi connectivity index (χ4n) is 2.70. The molecule has 2 unspecified atom stereocenters. The van der Waals surface area contributed by atoms with Crippen LogP contribution in [0.5, 0.6) is 5.75 Å². The van der Waals surface area contributed by atoms with E-state index < -0.39 is 5.97 Å². The normalized spacial score (nSPS) is 23.1. The number of hydrogen-bond donors (Lipinski definition) is 1. The molecule has 1 N–H and O–H groups in total. The maximum absolute atomic E-state index is 11.3. The molecule has 0 saturated heterocycles. The van der Waals surface area contributed by atoms with E-state index in [2.05, 4.69) is 22.9 Å². The van der Waals surface area contributed by atoms with Crippen molar-refractivity contribution in [2.24, 2.45) is 5.92 Å². The van der Waals surface area contributed by atoms with Crippen molar-refractivity contribution in [3.8, 4) is 5.75 Å². The number of carboxylic acids is 1. The lowest BCUT2D eigenvalue weighted by Crippen LogP contribution is -2.25. The van der Waals surface area contributed by atoms with Crippen molar-refractivity contribution in [1.29, 1.82) is 0 Å². The van der Waals surface area contributed by atoms with Crippen LogP contribution in [0.15, 0.2) is 16.6 Å². The fraction of sp³-hybridized carbons (Fsp3) is 0.533. The third-order valence-corrected chi connectivity index (χ3v) is 4.10. The Kier molecular flexibility index (Phi) is 4.50. The Bertz CT molecular complexity index is 485. The average molecular weight is 327 g/mol. The van der Waals surface area contributed by atoms with Crippen LogP contribution in [0.1, 0.15) is 48.5 Å². The summed E-state index contributed by atoms with van der Waals surface area (Å²) in [5, 5.41) is 9.30. The van der Waals surface area contributed by atoms with Gasteiger partial charge in [-0.2, -0.15) is 0 Å². The zero-order chi connectivity index (χ0) is 14.0. The number of hydrogen-bond acceptors (Lipinski definition) is 2. The molecule has 0 radical (unpaired) electrons. The smallest absolute Gasteiger partial charge is 0.339 e. The second-order valence-corrected chi connectivity index (χ2v) is 6.33. The average Bonchev–Trinajstić information content (AvgIpc) is 2.32. The molecule has 0 bridgehead atoms. The predicted octanol–water partition coefficient (Wildman–Crippen LogP) is 4.41. The number of aromatic carboxylic acids is 1. The number of carbonyl (C=O) groups is 1. The lowest BCUT2D eigenvalue weighted by Gasteiger charge is -2.28. The van der Waals surface area contributed by atoms with Crippen molar-refractivity contribution >= 4 is 21.9 Å². The van der Waals surface area contributed by atoms with E-state index in [4.69, 9.17) is 4.74 Å². The van der Waals surface area contributed by atoms with Crippen LogP contribution in [0.2, 0.25) is 0 Å². The van der Waals surface area contributed by atoms with Gasteiger partial charge in [-0.25, -0.2) is 4.79 Å². The maximum Gasteiger partial charge on any atom is 0.339 e. The lowest BCUT2D eigenvalue weighted by atomic mass is 9.88. The molecule has 0 aliphatic heterocycles. The molecule has 1 fully saturated rings. The molecular weight excluding hydrogens is 308 g/mol. The van der Waals surface area contributed by atoms with Crippen molar-refractivity contribution in [2.75, 3.05) is 0 Å². The van der Waals surface area contributed by atoms with Gasteiger partial charge in [0.2, 0.25) is 0 Å². The number of carboxylic acid groups (broad SMARTS) is 1. The van der Waals surface area contributed by atoms with Gasteiger partial charge in [0, 0.05) is 4.47 Å². The Morgan fingerprint density at radius 2 is 2.16 bits per heavy atom. The van der Waals surface area contributed by atoms with Crippen LogP contribution >= 0.6 is 15.9 Å². The molecule has 2 rings (SSSR count). The van der Waals surface area contributed by atoms with Crippen LogP contribution < -0.4 is 4.74 Å². The third kappa shape index (κ3) is 3.50. The van der Waals surface area contributed by atoms with E-state index in [1.807, 2.05) is 13.0 Å². The molecule has 19 heavy (non-hydrogen) atoms. The number of ether oxygens (including phenoxy) is 1. The molecule has 0 amide bonds. The highest BCUT2D eigenvalue weighted by atomic mass is 79.9. The quantitative estimate of drug-likeness (QED) is 0.894. The molecule has 0 spiro atoms. The van der Waals surface area contributed by atoms with Gasteiger partial charge >= 0.3 is 5.97 Å². The van der Waals surface area contributed by atoms with E-state index in [0.717, 1.165) is 29.3 Å². The zero-order valence-electron chi connectivity index (χ0n) is 11.3. The van der Waals surface area contributed by atoms with Crippen LogP contribution in [0, 0.1) is 12.8 Å². The van der Waals surface area contributed by atoms with E-state index in [-0.39, 0.29) is 11.7 Å². The summed E-state index contributed by atoms with van der Waals surface area (Å²) in [4.78, 5) is 11.3. The standard InChI is InChI=1S/C15H19BrO3/c1-9-4-3-5-12(6-9)19-14-10(2)7-11(16)8-13(14)15(17)18/h7-9,12H,3-6H2,1-2H3,(H,17,18). The predicted molar refractivity (Wildman–Crippen MR) is 77.9 cm³/mol. The lowest BCUT2D eigenvalue weighted by molar-refractivity contribution is 0.0682. The molecule has 0 aromatic heterocycles. The molecule has 2 atom stereocenters. The van der Waals surface area contributed by atoms with E-state index in [1.165, 1.54) is 6.42 Å². The molecule has 0 heterocycles. The Balaban J connectivity index is 2.26. The molecule has 1 aliphatic carbocycles. The number of halogens is 1. The highest BCUT2D eigenvalue weighted by molar-refractivity contribution is 9.10. The molecular formula is C15H19BrO3. The molecule has 3 nitrogen and oxygen atoms in total. The second-order valence-electron chi connectivity index (χ2n) is 5.42. The van der Waals surface area contributed by atoms with Gasteiger partial charge in [0.25, 0.3) is 0 Å². The van der Waals surface area contributed by atoms with Crippen molar-refractivity contribution in [1.82, 2.24) is 0 Å². The van der Waals surface area contributed by atoms with E-state index in [0.29, 0.717) is 11.7 Å². The molecule has 4 heteroatoms. The van der Waals surface area contributed by atoms with Gasteiger partial charge in [0.1, 0.15) is 11.3 Å². The second kappa shape index (κ2) is 5.95. The van der Waals surface area contributed by atoms with Gasteiger partial charge < -0.3 is 9.84 Å². The summed E-state index contributed by atoms with van der Waals surface area (Å²) >= 11 is 3.33. The van der Waals surface area contributed by atoms with E-state index in [9.17, 15) is 9.90 Å². The molecule has 1 aliphatic rings. The first kappa shape index (κ1) is 14.4. The van der Waals surface area contributed by atoms with Gasteiger partial charge in [0.15, 0.2) is 0 Å². The first-order valence-electron chi connectivity index (χ1n) is 6.67. The fourth-order valence-corrected chi connectivity index (χ4v) is 3.27. The van der Waals surface area contributed by atoms with Gasteiger partial charge in [-0.15, -0.1) is 0 Å². The zero-order valence-corrected chi connectivity index (χ0v) is 12.9. The Hall–Kier alpha value is -1.03. The summed E-state index contributed by atoms with van der Waals surface area (Å²) in [5.41, 5.74) is 1.11. The molecule has 1 aromatic carbocycles. The van der Waals surface area contributed by atoms with Crippen LogP contribution in [-0.4, -0.2) is 17.2 Å². The van der Waals surface area contributed by atoms with Crippen LogP contribution in [0.3, 0.4) is 0 Å². The molecule has 1 aromatic rings. The van der Waals surface area contributed by atoms with Crippen molar-refractivity contribution < 1.29 is 14.6 Å². The number of rotatable bonds is 3. The first-order valence-corrected chi connectivity index (χ1v) is 7.46. The van der Waals surface area contributed by atoms with Gasteiger partial charge in [-0.3, -0.25) is 0 Å². The maximum atomic E-state index is 11.3. The summed E-state index contributed by atoms with van der Waals surface area (Å²) in [6.07, 6.45) is 4.56. The molecule has 1 saturated carbocycles. The van der Waals surface area contributed by atoms with Crippen molar-refractivity contribution in [3.63, 3.8) is 0 Å². The minimum Gasteiger partial charge on any atom is -0.489 e. The largest absolute Gasteiger partial charge is 0.489 e. The minimum atomic E-state index is -0.941. The molecule has 104 valence electrons. The summed E-state index contributed by atoms with van der Waals surface area (Å²) in [7, 11) is 0. The summed E-state index contributed by atoms with van der Waals surface area (Å²) in [5.74, 6) is 0.237. The summed E-state index contributed by atoms with van der Waals surface area (Å²) < 4.78 is 6.77. The summed E-state index contributed by atoms with van der Waals surface area (Å²) in [6, 6.07) is 3.50. The van der Waals surface area contributed by atoms with E-state index >= 15 is 0 Å². The Morgan fingerprint density at radius 3 is 2.79 bits per heavy atom. The van der Waals surface area contributed by atoms with E-state index in [1.54, 1.807) is 6.07 Å². The SMILES string of the molecule is Cc1cc(Br)cc(C(=O)O)c1OC1CCCC(C)C1.